The second-order valence-corrected chi connectivity index (χ2v) is 5.72. The molecule has 0 N–H and O–H groups in total. The van der Waals surface area contributed by atoms with Gasteiger partial charge in [0.2, 0.25) is 0 Å². The smallest absolute Gasteiger partial charge is 0.123 e. The molecule has 116 valence electrons. The van der Waals surface area contributed by atoms with Crippen LogP contribution in [0.25, 0.3) is 0 Å². The van der Waals surface area contributed by atoms with Gasteiger partial charge in [-0.25, -0.2) is 0 Å². The van der Waals surface area contributed by atoms with Crippen LogP contribution >= 0.6 is 0 Å². The second-order valence-electron chi connectivity index (χ2n) is 5.72. The van der Waals surface area contributed by atoms with E-state index in [0.717, 1.165) is 31.0 Å². The summed E-state index contributed by atoms with van der Waals surface area (Å²) in [5.41, 5.74) is 2.59. The molecule has 3 rings (SSSR count). The average molecular weight is 297 g/mol. The molecule has 0 aromatic heterocycles. The quantitative estimate of drug-likeness (QED) is 0.831. The second kappa shape index (κ2) is 6.84. The zero-order chi connectivity index (χ0) is 15.4. The molecule has 3 nitrogen and oxygen atoms in total. The molecule has 0 radical (unpaired) electrons. The van der Waals surface area contributed by atoms with E-state index >= 15 is 0 Å². The molecule has 1 atom stereocenters. The fourth-order valence-electron chi connectivity index (χ4n) is 3.29. The molecule has 0 saturated carbocycles. The van der Waals surface area contributed by atoms with Crippen molar-refractivity contribution in [3.8, 4) is 11.5 Å². The summed E-state index contributed by atoms with van der Waals surface area (Å²) in [4.78, 5) is 2.53. The summed E-state index contributed by atoms with van der Waals surface area (Å²) in [6.45, 7) is 2.10. The lowest BCUT2D eigenvalue weighted by Gasteiger charge is -2.26. The number of nitrogens with zero attached hydrogens (tertiary/aromatic N) is 1. The summed E-state index contributed by atoms with van der Waals surface area (Å²) in [6, 6.07) is 17.1. The largest absolute Gasteiger partial charge is 0.497 e. The summed E-state index contributed by atoms with van der Waals surface area (Å²) in [5.74, 6) is 1.84. The van der Waals surface area contributed by atoms with Crippen LogP contribution in [-0.2, 0) is 6.54 Å². The van der Waals surface area contributed by atoms with Crippen LogP contribution in [0.3, 0.4) is 0 Å². The Balaban J connectivity index is 1.86. The van der Waals surface area contributed by atoms with Gasteiger partial charge in [0, 0.05) is 18.2 Å². The van der Waals surface area contributed by atoms with Crippen molar-refractivity contribution < 1.29 is 9.47 Å². The van der Waals surface area contributed by atoms with Crippen LogP contribution in [0.2, 0.25) is 0 Å². The Morgan fingerprint density at radius 3 is 2.59 bits per heavy atom. The molecule has 0 aliphatic carbocycles. The van der Waals surface area contributed by atoms with E-state index < -0.39 is 0 Å². The first-order valence-electron chi connectivity index (χ1n) is 7.81. The van der Waals surface area contributed by atoms with E-state index in [1.165, 1.54) is 17.5 Å². The van der Waals surface area contributed by atoms with E-state index in [4.69, 9.17) is 9.47 Å². The lowest BCUT2D eigenvalue weighted by Crippen LogP contribution is -2.23. The third-order valence-corrected chi connectivity index (χ3v) is 4.39. The number of methoxy groups -OCH3 is 2. The molecule has 3 heteroatoms. The molecule has 2 aromatic rings. The van der Waals surface area contributed by atoms with E-state index in [2.05, 4.69) is 41.3 Å². The Kier molecular flexibility index (Phi) is 4.64. The van der Waals surface area contributed by atoms with Crippen molar-refractivity contribution in [2.45, 2.75) is 25.4 Å². The highest BCUT2D eigenvalue weighted by Crippen LogP contribution is 2.39. The van der Waals surface area contributed by atoms with Crippen molar-refractivity contribution in [2.24, 2.45) is 0 Å². The van der Waals surface area contributed by atoms with Crippen molar-refractivity contribution in [1.82, 2.24) is 4.90 Å². The average Bonchev–Trinajstić information content (AvgIpc) is 3.03. The zero-order valence-electron chi connectivity index (χ0n) is 13.3. The number of likely N-dealkylation sites (tertiary alicyclic amines) is 1. The van der Waals surface area contributed by atoms with Crippen LogP contribution in [0.5, 0.6) is 11.5 Å². The molecule has 22 heavy (non-hydrogen) atoms. The summed E-state index contributed by atoms with van der Waals surface area (Å²) in [7, 11) is 3.45. The van der Waals surface area contributed by atoms with Gasteiger partial charge in [-0.3, -0.25) is 4.90 Å². The molecule has 1 heterocycles. The minimum atomic E-state index is 0.394. The third-order valence-electron chi connectivity index (χ3n) is 4.39. The topological polar surface area (TPSA) is 21.7 Å². The molecule has 1 saturated heterocycles. The predicted octanol–water partition coefficient (Wildman–Crippen LogP) is 4.04. The minimum Gasteiger partial charge on any atom is -0.497 e. The van der Waals surface area contributed by atoms with E-state index in [9.17, 15) is 0 Å². The van der Waals surface area contributed by atoms with Gasteiger partial charge in [0.05, 0.1) is 14.2 Å². The summed E-state index contributed by atoms with van der Waals surface area (Å²) >= 11 is 0. The van der Waals surface area contributed by atoms with E-state index in [0.29, 0.717) is 6.04 Å². The highest BCUT2D eigenvalue weighted by atomic mass is 16.5. The maximum absolute atomic E-state index is 5.57. The van der Waals surface area contributed by atoms with E-state index in [-0.39, 0.29) is 0 Å². The third kappa shape index (κ3) is 3.09. The lowest BCUT2D eigenvalue weighted by atomic mass is 10.0. The van der Waals surface area contributed by atoms with Gasteiger partial charge in [0.25, 0.3) is 0 Å². The van der Waals surface area contributed by atoms with Crippen molar-refractivity contribution >= 4 is 0 Å². The lowest BCUT2D eigenvalue weighted by molar-refractivity contribution is 0.242. The number of rotatable bonds is 5. The van der Waals surface area contributed by atoms with Crippen molar-refractivity contribution in [2.75, 3.05) is 20.8 Å². The Labute approximate surface area is 132 Å². The maximum atomic E-state index is 5.57. The normalized spacial score (nSPS) is 18.4. The highest BCUT2D eigenvalue weighted by Gasteiger charge is 2.28. The first-order chi connectivity index (χ1) is 10.8. The molecule has 2 aromatic carbocycles. The number of hydrogen-bond donors (Lipinski definition) is 0. The first kappa shape index (κ1) is 14.9. The fraction of sp³-hybridized carbons (Fsp3) is 0.368. The molecule has 1 aliphatic rings. The van der Waals surface area contributed by atoms with Crippen LogP contribution in [0.4, 0.5) is 0 Å². The van der Waals surface area contributed by atoms with Gasteiger partial charge in [0.1, 0.15) is 11.5 Å². The monoisotopic (exact) mass is 297 g/mol. The van der Waals surface area contributed by atoms with Gasteiger partial charge < -0.3 is 9.47 Å². The number of benzene rings is 2. The Hall–Kier alpha value is -2.00. The first-order valence-corrected chi connectivity index (χ1v) is 7.81. The Morgan fingerprint density at radius 2 is 1.86 bits per heavy atom. The van der Waals surface area contributed by atoms with Gasteiger partial charge in [0.15, 0.2) is 0 Å². The van der Waals surface area contributed by atoms with Crippen LogP contribution in [-0.4, -0.2) is 25.7 Å². The van der Waals surface area contributed by atoms with Gasteiger partial charge in [-0.05, 0) is 43.1 Å². The number of ether oxygens (including phenoxy) is 2. The van der Waals surface area contributed by atoms with Crippen molar-refractivity contribution in [1.29, 1.82) is 0 Å². The molecule has 0 amide bonds. The molecule has 1 aliphatic heterocycles. The molecule has 0 spiro atoms. The Morgan fingerprint density at radius 1 is 1.05 bits per heavy atom. The van der Waals surface area contributed by atoms with Gasteiger partial charge >= 0.3 is 0 Å². The fourth-order valence-corrected chi connectivity index (χ4v) is 3.29. The molecule has 0 unspecified atom stereocenters. The predicted molar refractivity (Wildman–Crippen MR) is 88.4 cm³/mol. The Bertz CT molecular complexity index is 612. The summed E-state index contributed by atoms with van der Waals surface area (Å²) in [5, 5.41) is 0. The number of hydrogen-bond acceptors (Lipinski definition) is 3. The van der Waals surface area contributed by atoms with Crippen LogP contribution in [0, 0.1) is 0 Å². The van der Waals surface area contributed by atoms with Crippen molar-refractivity contribution in [3.63, 3.8) is 0 Å². The zero-order valence-corrected chi connectivity index (χ0v) is 13.3. The van der Waals surface area contributed by atoms with Crippen LogP contribution in [0.15, 0.2) is 48.5 Å². The van der Waals surface area contributed by atoms with Gasteiger partial charge in [-0.1, -0.05) is 30.3 Å². The summed E-state index contributed by atoms with van der Waals surface area (Å²) in [6.07, 6.45) is 2.38. The minimum absolute atomic E-state index is 0.394. The maximum Gasteiger partial charge on any atom is 0.123 e. The van der Waals surface area contributed by atoms with E-state index in [1.54, 1.807) is 14.2 Å². The van der Waals surface area contributed by atoms with Crippen molar-refractivity contribution in [3.05, 3.63) is 59.7 Å². The summed E-state index contributed by atoms with van der Waals surface area (Å²) < 4.78 is 11.0. The van der Waals surface area contributed by atoms with Crippen LogP contribution < -0.4 is 9.47 Å². The molecular weight excluding hydrogens is 274 g/mol. The van der Waals surface area contributed by atoms with Crippen LogP contribution in [0.1, 0.15) is 30.0 Å². The molecule has 0 bridgehead atoms. The van der Waals surface area contributed by atoms with Gasteiger partial charge in [-0.15, -0.1) is 0 Å². The molecule has 1 fully saturated rings. The highest BCUT2D eigenvalue weighted by molar-refractivity contribution is 5.42. The SMILES string of the molecule is COc1ccc(OC)c([C@H]2CCCN2Cc2ccccc2)c1. The molecular formula is C19H23NO2. The van der Waals surface area contributed by atoms with E-state index in [1.807, 2.05) is 12.1 Å². The standard InChI is InChI=1S/C19H23NO2/c1-21-16-10-11-19(22-2)17(13-16)18-9-6-12-20(18)14-15-7-4-3-5-8-15/h3-5,7-8,10-11,13,18H,6,9,12,14H2,1-2H3/t18-/m1/s1. The van der Waals surface area contributed by atoms with Gasteiger partial charge in [-0.2, -0.15) is 0 Å².